The van der Waals surface area contributed by atoms with Gasteiger partial charge in [-0.3, -0.25) is 0 Å². The lowest BCUT2D eigenvalue weighted by Crippen LogP contribution is -2.07. The number of rotatable bonds is 3. The second-order valence-corrected chi connectivity index (χ2v) is 6.53. The molecule has 0 bridgehead atoms. The number of hydrogen-bond acceptors (Lipinski definition) is 6. The smallest absolute Gasteiger partial charge is 0.417 e. The molecule has 0 radical (unpaired) electrons. The van der Waals surface area contributed by atoms with E-state index < -0.39 is 11.7 Å². The van der Waals surface area contributed by atoms with Crippen LogP contribution in [-0.2, 0) is 6.18 Å². The third-order valence-electron chi connectivity index (χ3n) is 4.78. The lowest BCUT2D eigenvalue weighted by molar-refractivity contribution is -0.136. The number of halogens is 3. The highest BCUT2D eigenvalue weighted by molar-refractivity contribution is 5.94. The number of methoxy groups -OCH3 is 1. The van der Waals surface area contributed by atoms with E-state index in [-0.39, 0.29) is 29.3 Å². The first-order valence-corrected chi connectivity index (χ1v) is 8.87. The summed E-state index contributed by atoms with van der Waals surface area (Å²) < 4.78 is 63.1. The van der Waals surface area contributed by atoms with Crippen molar-refractivity contribution in [3.63, 3.8) is 0 Å². The number of aromatic nitrogens is 2. The molecule has 0 saturated carbocycles. The summed E-state index contributed by atoms with van der Waals surface area (Å²) in [6.07, 6.45) is -4.66. The van der Waals surface area contributed by atoms with Crippen LogP contribution in [0.25, 0.3) is 33.6 Å². The zero-order valence-corrected chi connectivity index (χ0v) is 15.5. The lowest BCUT2D eigenvalue weighted by atomic mass is 10.0. The van der Waals surface area contributed by atoms with E-state index >= 15 is 0 Å². The first-order valence-electron chi connectivity index (χ1n) is 8.87. The van der Waals surface area contributed by atoms with Gasteiger partial charge in [0.15, 0.2) is 11.5 Å². The van der Waals surface area contributed by atoms with E-state index in [4.69, 9.17) is 18.7 Å². The summed E-state index contributed by atoms with van der Waals surface area (Å²) in [5, 5.41) is 3.66. The van der Waals surface area contributed by atoms with Gasteiger partial charge in [0.05, 0.1) is 23.8 Å². The number of nitrogens with zero attached hydrogens (tertiary/aromatic N) is 2. The Morgan fingerprint density at radius 1 is 1.00 bits per heavy atom. The molecule has 152 valence electrons. The Balaban J connectivity index is 1.75. The number of hydrogen-bond donors (Lipinski definition) is 0. The molecular formula is C21H13F3N2O4. The molecule has 2 aromatic carbocycles. The summed E-state index contributed by atoms with van der Waals surface area (Å²) in [4.78, 5) is 4.28. The summed E-state index contributed by atoms with van der Waals surface area (Å²) in [5.41, 5.74) is -0.222. The highest BCUT2D eigenvalue weighted by Gasteiger charge is 2.37. The van der Waals surface area contributed by atoms with Gasteiger partial charge in [-0.2, -0.15) is 13.2 Å². The van der Waals surface area contributed by atoms with Crippen molar-refractivity contribution < 1.29 is 31.9 Å². The van der Waals surface area contributed by atoms with Gasteiger partial charge in [0.2, 0.25) is 6.79 Å². The molecule has 0 fully saturated rings. The van der Waals surface area contributed by atoms with Crippen molar-refractivity contribution in [3.05, 3.63) is 54.1 Å². The Labute approximate surface area is 167 Å². The molecule has 1 aliphatic heterocycles. The van der Waals surface area contributed by atoms with Crippen LogP contribution >= 0.6 is 0 Å². The summed E-state index contributed by atoms with van der Waals surface area (Å²) >= 11 is 0. The monoisotopic (exact) mass is 414 g/mol. The van der Waals surface area contributed by atoms with E-state index in [2.05, 4.69) is 10.1 Å². The van der Waals surface area contributed by atoms with E-state index in [1.54, 1.807) is 42.5 Å². The van der Waals surface area contributed by atoms with Gasteiger partial charge in [0.25, 0.3) is 5.71 Å². The molecule has 0 saturated heterocycles. The van der Waals surface area contributed by atoms with Crippen molar-refractivity contribution in [1.29, 1.82) is 0 Å². The van der Waals surface area contributed by atoms with Gasteiger partial charge in [0.1, 0.15) is 11.4 Å². The Morgan fingerprint density at radius 2 is 1.80 bits per heavy atom. The Bertz CT molecular complexity index is 1270. The van der Waals surface area contributed by atoms with Gasteiger partial charge in [-0.05, 0) is 36.4 Å². The van der Waals surface area contributed by atoms with Crippen LogP contribution in [0.4, 0.5) is 13.2 Å². The number of fused-ring (bicyclic) bond motifs is 2. The van der Waals surface area contributed by atoms with Crippen LogP contribution in [0.15, 0.2) is 53.1 Å². The molecule has 0 amide bonds. The first-order chi connectivity index (χ1) is 14.5. The molecule has 1 aliphatic rings. The zero-order valence-electron chi connectivity index (χ0n) is 15.5. The largest absolute Gasteiger partial charge is 0.496 e. The standard InChI is InChI=1S/C21H13F3N2O4/c1-27-15-5-3-2-4-12(15)14-9-13(21(22,23)24)18-19(26-30-20(18)25-14)11-6-7-16-17(8-11)29-10-28-16/h2-9H,10H2,1H3. The average Bonchev–Trinajstić information content (AvgIpc) is 3.38. The SMILES string of the molecule is COc1ccccc1-c1cc(C(F)(F)F)c2c(-c3ccc4c(c3)OCO4)noc2n1. The molecule has 9 heteroatoms. The van der Waals surface area contributed by atoms with E-state index in [1.807, 2.05) is 0 Å². The second kappa shape index (κ2) is 6.65. The third kappa shape index (κ3) is 2.90. The molecule has 0 atom stereocenters. The van der Waals surface area contributed by atoms with E-state index in [9.17, 15) is 13.2 Å². The Kier molecular flexibility index (Phi) is 4.05. The highest BCUT2D eigenvalue weighted by Crippen LogP contribution is 2.43. The molecule has 0 aliphatic carbocycles. The van der Waals surface area contributed by atoms with Crippen LogP contribution < -0.4 is 14.2 Å². The zero-order chi connectivity index (χ0) is 20.9. The minimum atomic E-state index is -4.66. The molecule has 0 N–H and O–H groups in total. The van der Waals surface area contributed by atoms with Crippen LogP contribution in [0.3, 0.4) is 0 Å². The fraction of sp³-hybridized carbons (Fsp3) is 0.143. The summed E-state index contributed by atoms with van der Waals surface area (Å²) in [7, 11) is 1.44. The van der Waals surface area contributed by atoms with E-state index in [1.165, 1.54) is 7.11 Å². The Morgan fingerprint density at radius 3 is 2.60 bits per heavy atom. The molecule has 4 aromatic rings. The van der Waals surface area contributed by atoms with E-state index in [0.717, 1.165) is 6.07 Å². The minimum absolute atomic E-state index is 0.0229. The van der Waals surface area contributed by atoms with Gasteiger partial charge in [-0.15, -0.1) is 0 Å². The van der Waals surface area contributed by atoms with Crippen molar-refractivity contribution >= 4 is 11.1 Å². The van der Waals surface area contributed by atoms with Crippen molar-refractivity contribution in [2.24, 2.45) is 0 Å². The third-order valence-corrected chi connectivity index (χ3v) is 4.78. The van der Waals surface area contributed by atoms with Gasteiger partial charge in [0, 0.05) is 11.1 Å². The Hall–Kier alpha value is -3.75. The van der Waals surface area contributed by atoms with Gasteiger partial charge >= 0.3 is 6.18 Å². The second-order valence-electron chi connectivity index (χ2n) is 6.53. The molecule has 30 heavy (non-hydrogen) atoms. The maximum atomic E-state index is 14.0. The van der Waals surface area contributed by atoms with Crippen molar-refractivity contribution in [1.82, 2.24) is 10.1 Å². The van der Waals surface area contributed by atoms with Crippen LogP contribution in [0.1, 0.15) is 5.56 Å². The van der Waals surface area contributed by atoms with Crippen molar-refractivity contribution in [3.8, 4) is 39.8 Å². The number of pyridine rings is 1. The van der Waals surface area contributed by atoms with Crippen LogP contribution in [-0.4, -0.2) is 24.0 Å². The predicted molar refractivity (Wildman–Crippen MR) is 100 cm³/mol. The highest BCUT2D eigenvalue weighted by atomic mass is 19.4. The van der Waals surface area contributed by atoms with Gasteiger partial charge < -0.3 is 18.7 Å². The molecule has 0 spiro atoms. The first kappa shape index (κ1) is 18.3. The predicted octanol–water partition coefficient (Wildman–Crippen LogP) is 5.31. The fourth-order valence-electron chi connectivity index (χ4n) is 3.41. The summed E-state index contributed by atoms with van der Waals surface area (Å²) in [6, 6.07) is 12.4. The van der Waals surface area contributed by atoms with Crippen LogP contribution in [0, 0.1) is 0 Å². The molecule has 0 unspecified atom stereocenters. The quantitative estimate of drug-likeness (QED) is 0.453. The maximum Gasteiger partial charge on any atom is 0.417 e. The number of benzene rings is 2. The number of ether oxygens (including phenoxy) is 3. The van der Waals surface area contributed by atoms with E-state index in [0.29, 0.717) is 28.4 Å². The number of alkyl halides is 3. The maximum absolute atomic E-state index is 14.0. The molecule has 2 aromatic heterocycles. The lowest BCUT2D eigenvalue weighted by Gasteiger charge is -2.12. The molecule has 3 heterocycles. The number of para-hydroxylation sites is 1. The molecule has 5 rings (SSSR count). The van der Waals surface area contributed by atoms with Gasteiger partial charge in [-0.25, -0.2) is 4.98 Å². The fourth-order valence-corrected chi connectivity index (χ4v) is 3.41. The molecular weight excluding hydrogens is 401 g/mol. The normalized spacial score (nSPS) is 13.1. The summed E-state index contributed by atoms with van der Waals surface area (Å²) in [5.74, 6) is 1.34. The van der Waals surface area contributed by atoms with Crippen molar-refractivity contribution in [2.45, 2.75) is 6.18 Å². The minimum Gasteiger partial charge on any atom is -0.496 e. The summed E-state index contributed by atoms with van der Waals surface area (Å²) in [6.45, 7) is 0.0516. The van der Waals surface area contributed by atoms with Gasteiger partial charge in [-0.1, -0.05) is 17.3 Å². The topological polar surface area (TPSA) is 66.6 Å². The van der Waals surface area contributed by atoms with Crippen LogP contribution in [0.5, 0.6) is 17.2 Å². The van der Waals surface area contributed by atoms with Crippen LogP contribution in [0.2, 0.25) is 0 Å². The average molecular weight is 414 g/mol. The molecule has 6 nitrogen and oxygen atoms in total. The van der Waals surface area contributed by atoms with Crippen molar-refractivity contribution in [2.75, 3.05) is 13.9 Å².